The fourth-order valence-corrected chi connectivity index (χ4v) is 2.46. The number of carboxylic acid groups (broad SMARTS) is 1. The monoisotopic (exact) mass is 287 g/mol. The molecular formula is C14H25NO5. The van der Waals surface area contributed by atoms with Crippen LogP contribution in [-0.4, -0.2) is 54.5 Å². The highest BCUT2D eigenvalue weighted by molar-refractivity contribution is 5.69. The summed E-state index contributed by atoms with van der Waals surface area (Å²) >= 11 is 0. The van der Waals surface area contributed by atoms with Crippen LogP contribution in [0.2, 0.25) is 0 Å². The van der Waals surface area contributed by atoms with E-state index in [1.165, 1.54) is 0 Å². The van der Waals surface area contributed by atoms with Gasteiger partial charge >= 0.3 is 12.1 Å². The van der Waals surface area contributed by atoms with Crippen molar-refractivity contribution in [3.05, 3.63) is 0 Å². The normalized spacial score (nSPS) is 20.8. The maximum atomic E-state index is 12.0. The lowest BCUT2D eigenvalue weighted by atomic mass is 9.89. The number of hydrogen-bond donors (Lipinski definition) is 1. The molecule has 0 aromatic carbocycles. The summed E-state index contributed by atoms with van der Waals surface area (Å²) in [7, 11) is 1.56. The van der Waals surface area contributed by atoms with Gasteiger partial charge in [0.05, 0.1) is 6.42 Å². The first-order chi connectivity index (χ1) is 9.23. The summed E-state index contributed by atoms with van der Waals surface area (Å²) in [5, 5.41) is 8.94. The topological polar surface area (TPSA) is 76.1 Å². The zero-order chi connectivity index (χ0) is 15.3. The van der Waals surface area contributed by atoms with Crippen LogP contribution in [0.5, 0.6) is 0 Å². The van der Waals surface area contributed by atoms with Crippen LogP contribution in [0, 0.1) is 11.8 Å². The second kappa shape index (κ2) is 6.92. The van der Waals surface area contributed by atoms with E-state index in [0.717, 1.165) is 6.42 Å². The van der Waals surface area contributed by atoms with Crippen LogP contribution in [-0.2, 0) is 14.3 Å². The van der Waals surface area contributed by atoms with Gasteiger partial charge in [0.15, 0.2) is 0 Å². The minimum atomic E-state index is -0.831. The number of carbonyl (C=O) groups excluding carboxylic acids is 1. The molecule has 0 radical (unpaired) electrons. The molecule has 6 nitrogen and oxygen atoms in total. The summed E-state index contributed by atoms with van der Waals surface area (Å²) in [6, 6.07) is 0. The Bertz CT molecular complexity index is 350. The van der Waals surface area contributed by atoms with Crippen molar-refractivity contribution in [2.45, 2.75) is 39.2 Å². The largest absolute Gasteiger partial charge is 0.481 e. The van der Waals surface area contributed by atoms with E-state index in [1.54, 1.807) is 12.0 Å². The van der Waals surface area contributed by atoms with Crippen molar-refractivity contribution in [3.63, 3.8) is 0 Å². The fourth-order valence-electron chi connectivity index (χ4n) is 2.46. The second-order valence-corrected chi connectivity index (χ2v) is 6.29. The molecule has 1 heterocycles. The van der Waals surface area contributed by atoms with Crippen molar-refractivity contribution in [2.24, 2.45) is 11.8 Å². The molecule has 0 aromatic rings. The Morgan fingerprint density at radius 2 is 2.05 bits per heavy atom. The fraction of sp³-hybridized carbons (Fsp3) is 0.857. The average molecular weight is 287 g/mol. The van der Waals surface area contributed by atoms with Crippen LogP contribution in [0.4, 0.5) is 4.79 Å². The molecule has 1 saturated heterocycles. The number of nitrogens with zero attached hydrogens (tertiary/aromatic N) is 1. The number of likely N-dealkylation sites (tertiary alicyclic amines) is 1. The molecule has 2 atom stereocenters. The Labute approximate surface area is 120 Å². The maximum Gasteiger partial charge on any atom is 0.410 e. The van der Waals surface area contributed by atoms with E-state index in [0.29, 0.717) is 19.7 Å². The van der Waals surface area contributed by atoms with Crippen molar-refractivity contribution < 1.29 is 24.2 Å². The molecule has 1 rings (SSSR count). The minimum Gasteiger partial charge on any atom is -0.481 e. The average Bonchev–Trinajstić information content (AvgIpc) is 2.74. The Morgan fingerprint density at radius 3 is 2.55 bits per heavy atom. The number of methoxy groups -OCH3 is 1. The molecule has 0 spiro atoms. The molecule has 1 N–H and O–H groups in total. The predicted octanol–water partition coefficient (Wildman–Crippen LogP) is 1.98. The lowest BCUT2D eigenvalue weighted by Gasteiger charge is -2.25. The third-order valence-electron chi connectivity index (χ3n) is 3.36. The van der Waals surface area contributed by atoms with Gasteiger partial charge in [0, 0.05) is 26.8 Å². The summed E-state index contributed by atoms with van der Waals surface area (Å²) in [6.07, 6.45) is 0.535. The SMILES string of the molecule is COCC(CC(=O)O)C1CCN(C(=O)OC(C)(C)C)C1. The molecule has 0 aliphatic carbocycles. The number of amides is 1. The van der Waals surface area contributed by atoms with E-state index in [2.05, 4.69) is 0 Å². The van der Waals surface area contributed by atoms with Gasteiger partial charge in [0.25, 0.3) is 0 Å². The van der Waals surface area contributed by atoms with Crippen LogP contribution < -0.4 is 0 Å². The van der Waals surface area contributed by atoms with Gasteiger partial charge in [-0.3, -0.25) is 4.79 Å². The van der Waals surface area contributed by atoms with E-state index in [-0.39, 0.29) is 24.3 Å². The van der Waals surface area contributed by atoms with Crippen molar-refractivity contribution in [2.75, 3.05) is 26.8 Å². The molecule has 0 aromatic heterocycles. The first kappa shape index (κ1) is 16.8. The van der Waals surface area contributed by atoms with E-state index >= 15 is 0 Å². The molecule has 1 amide bonds. The Kier molecular flexibility index (Phi) is 5.80. The number of hydrogen-bond acceptors (Lipinski definition) is 4. The van der Waals surface area contributed by atoms with E-state index in [9.17, 15) is 9.59 Å². The number of carboxylic acids is 1. The highest BCUT2D eigenvalue weighted by Crippen LogP contribution is 2.28. The van der Waals surface area contributed by atoms with Gasteiger partial charge in [-0.2, -0.15) is 0 Å². The van der Waals surface area contributed by atoms with Gasteiger partial charge in [-0.1, -0.05) is 0 Å². The van der Waals surface area contributed by atoms with Gasteiger partial charge in [0.2, 0.25) is 0 Å². The standard InChI is InChI=1S/C14H25NO5/c1-14(2,3)20-13(18)15-6-5-10(8-15)11(9-19-4)7-12(16)17/h10-11H,5-9H2,1-4H3,(H,16,17). The molecular weight excluding hydrogens is 262 g/mol. The van der Waals surface area contributed by atoms with Crippen LogP contribution in [0.1, 0.15) is 33.6 Å². The predicted molar refractivity (Wildman–Crippen MR) is 73.5 cm³/mol. The van der Waals surface area contributed by atoms with Crippen LogP contribution >= 0.6 is 0 Å². The van der Waals surface area contributed by atoms with Gasteiger partial charge in [-0.15, -0.1) is 0 Å². The van der Waals surface area contributed by atoms with Gasteiger partial charge in [-0.05, 0) is 39.0 Å². The summed E-state index contributed by atoms with van der Waals surface area (Å²) in [4.78, 5) is 24.5. The molecule has 0 saturated carbocycles. The highest BCUT2D eigenvalue weighted by Gasteiger charge is 2.34. The first-order valence-corrected chi connectivity index (χ1v) is 6.91. The smallest absolute Gasteiger partial charge is 0.410 e. The molecule has 1 aliphatic heterocycles. The molecule has 20 heavy (non-hydrogen) atoms. The minimum absolute atomic E-state index is 0.0649. The van der Waals surface area contributed by atoms with Crippen molar-refractivity contribution in [1.82, 2.24) is 4.90 Å². The van der Waals surface area contributed by atoms with Gasteiger partial charge < -0.3 is 19.5 Å². The van der Waals surface area contributed by atoms with Crippen molar-refractivity contribution >= 4 is 12.1 Å². The summed E-state index contributed by atoms with van der Waals surface area (Å²) in [5.74, 6) is -0.744. The first-order valence-electron chi connectivity index (χ1n) is 6.91. The Balaban J connectivity index is 2.56. The maximum absolute atomic E-state index is 12.0. The van der Waals surface area contributed by atoms with Crippen LogP contribution in [0.3, 0.4) is 0 Å². The quantitative estimate of drug-likeness (QED) is 0.836. The van der Waals surface area contributed by atoms with Gasteiger partial charge in [-0.25, -0.2) is 4.79 Å². The summed E-state index contributed by atoms with van der Waals surface area (Å²) in [5.41, 5.74) is -0.512. The molecule has 6 heteroatoms. The Hall–Kier alpha value is -1.30. The summed E-state index contributed by atoms with van der Waals surface area (Å²) < 4.78 is 10.4. The zero-order valence-electron chi connectivity index (χ0n) is 12.7. The molecule has 2 unspecified atom stereocenters. The van der Waals surface area contributed by atoms with Crippen LogP contribution in [0.25, 0.3) is 0 Å². The van der Waals surface area contributed by atoms with Crippen LogP contribution in [0.15, 0.2) is 0 Å². The number of ether oxygens (including phenoxy) is 2. The third-order valence-corrected chi connectivity index (χ3v) is 3.36. The number of rotatable bonds is 5. The van der Waals surface area contributed by atoms with E-state index in [4.69, 9.17) is 14.6 Å². The second-order valence-electron chi connectivity index (χ2n) is 6.29. The van der Waals surface area contributed by atoms with Crippen molar-refractivity contribution in [3.8, 4) is 0 Å². The van der Waals surface area contributed by atoms with E-state index < -0.39 is 11.6 Å². The molecule has 0 bridgehead atoms. The third kappa shape index (κ3) is 5.36. The summed E-state index contributed by atoms with van der Waals surface area (Å²) in [6.45, 7) is 7.04. The molecule has 116 valence electrons. The number of aliphatic carboxylic acids is 1. The highest BCUT2D eigenvalue weighted by atomic mass is 16.6. The van der Waals surface area contributed by atoms with E-state index in [1.807, 2.05) is 20.8 Å². The van der Waals surface area contributed by atoms with Crippen molar-refractivity contribution in [1.29, 1.82) is 0 Å². The van der Waals surface area contributed by atoms with Gasteiger partial charge in [0.1, 0.15) is 5.60 Å². The Morgan fingerprint density at radius 1 is 1.40 bits per heavy atom. The lowest BCUT2D eigenvalue weighted by molar-refractivity contribution is -0.139. The lowest BCUT2D eigenvalue weighted by Crippen LogP contribution is -2.36. The molecule has 1 fully saturated rings. The number of carbonyl (C=O) groups is 2. The molecule has 1 aliphatic rings. The zero-order valence-corrected chi connectivity index (χ0v) is 12.7.